The Hall–Kier alpha value is -2.91. The van der Waals surface area contributed by atoms with Gasteiger partial charge >= 0.3 is 0 Å². The van der Waals surface area contributed by atoms with Crippen LogP contribution < -0.4 is 10.1 Å². The van der Waals surface area contributed by atoms with Crippen molar-refractivity contribution in [2.45, 2.75) is 17.2 Å². The van der Waals surface area contributed by atoms with E-state index in [9.17, 15) is 8.42 Å². The number of hydrogen-bond donors (Lipinski definition) is 2. The Morgan fingerprint density at radius 2 is 2.11 bits per heavy atom. The number of rotatable bonds is 4. The third kappa shape index (κ3) is 3.71. The summed E-state index contributed by atoms with van der Waals surface area (Å²) in [6.45, 7) is 1.53. The zero-order valence-electron chi connectivity index (χ0n) is 15.3. The summed E-state index contributed by atoms with van der Waals surface area (Å²) in [6.07, 6.45) is 4.41. The lowest BCUT2D eigenvalue weighted by Gasteiger charge is -2.09. The highest BCUT2D eigenvalue weighted by Gasteiger charge is 2.26. The standard InChI is InChI=1S/C18H19N3O3S.CH2O2/c1-24-14-4-2-5-15(10-14)25(22,23)21-12-16(13-7-9-19-11-13)18-17(21)6-3-8-20-18;2-1-3/h2-6,8,10,12-13,19H,7,9,11H2,1H3;1H,(H,2,3)/t13-;/m0./s1. The molecule has 0 amide bonds. The van der Waals surface area contributed by atoms with Crippen LogP contribution in [0.3, 0.4) is 0 Å². The molecule has 8 nitrogen and oxygen atoms in total. The summed E-state index contributed by atoms with van der Waals surface area (Å²) in [4.78, 5) is 13.0. The van der Waals surface area contributed by atoms with E-state index >= 15 is 0 Å². The van der Waals surface area contributed by atoms with Gasteiger partial charge in [-0.1, -0.05) is 6.07 Å². The molecule has 3 heterocycles. The molecule has 0 saturated carbocycles. The maximum absolute atomic E-state index is 13.2. The topological polar surface area (TPSA) is 111 Å². The molecule has 28 heavy (non-hydrogen) atoms. The minimum Gasteiger partial charge on any atom is -0.497 e. The van der Waals surface area contributed by atoms with Crippen LogP contribution in [0.1, 0.15) is 17.9 Å². The second-order valence-electron chi connectivity index (χ2n) is 6.23. The average Bonchev–Trinajstić information content (AvgIpc) is 3.36. The molecule has 4 rings (SSSR count). The number of nitrogens with one attached hydrogen (secondary N) is 1. The quantitative estimate of drug-likeness (QED) is 0.642. The lowest BCUT2D eigenvalue weighted by Crippen LogP contribution is -2.12. The number of methoxy groups -OCH3 is 1. The van der Waals surface area contributed by atoms with Crippen LogP contribution in [0.2, 0.25) is 0 Å². The van der Waals surface area contributed by atoms with E-state index in [0.29, 0.717) is 11.3 Å². The highest BCUT2D eigenvalue weighted by molar-refractivity contribution is 7.90. The number of ether oxygens (including phenoxy) is 1. The van der Waals surface area contributed by atoms with Gasteiger partial charge in [-0.05, 0) is 37.2 Å². The van der Waals surface area contributed by atoms with Gasteiger partial charge in [0.1, 0.15) is 5.75 Å². The van der Waals surface area contributed by atoms with E-state index in [4.69, 9.17) is 14.6 Å². The Kier molecular flexibility index (Phi) is 5.96. The lowest BCUT2D eigenvalue weighted by atomic mass is 10.0. The van der Waals surface area contributed by atoms with Gasteiger partial charge in [0.05, 0.1) is 23.0 Å². The van der Waals surface area contributed by atoms with Gasteiger partial charge in [-0.3, -0.25) is 9.78 Å². The van der Waals surface area contributed by atoms with Crippen molar-refractivity contribution in [1.82, 2.24) is 14.3 Å². The second kappa shape index (κ2) is 8.41. The number of nitrogens with zero attached hydrogens (tertiary/aromatic N) is 2. The normalized spacial score (nSPS) is 16.4. The Morgan fingerprint density at radius 3 is 2.79 bits per heavy atom. The fourth-order valence-corrected chi connectivity index (χ4v) is 4.75. The first kappa shape index (κ1) is 19.8. The molecule has 0 unspecified atom stereocenters. The van der Waals surface area contributed by atoms with Crippen LogP contribution in [-0.4, -0.2) is 49.2 Å². The van der Waals surface area contributed by atoms with Crippen LogP contribution in [0.4, 0.5) is 0 Å². The molecule has 0 spiro atoms. The molecule has 2 aromatic heterocycles. The maximum atomic E-state index is 13.2. The van der Waals surface area contributed by atoms with Gasteiger partial charge in [-0.25, -0.2) is 12.4 Å². The van der Waals surface area contributed by atoms with E-state index in [1.807, 2.05) is 0 Å². The van der Waals surface area contributed by atoms with Crippen LogP contribution in [-0.2, 0) is 14.8 Å². The molecule has 1 saturated heterocycles. The predicted octanol–water partition coefficient (Wildman–Crippen LogP) is 2.06. The number of carbonyl (C=O) groups is 1. The largest absolute Gasteiger partial charge is 0.497 e. The fourth-order valence-electron chi connectivity index (χ4n) is 3.35. The van der Waals surface area contributed by atoms with Gasteiger partial charge in [-0.15, -0.1) is 0 Å². The van der Waals surface area contributed by atoms with Crippen molar-refractivity contribution in [1.29, 1.82) is 0 Å². The minimum atomic E-state index is -3.73. The van der Waals surface area contributed by atoms with Crippen molar-refractivity contribution in [3.63, 3.8) is 0 Å². The molecular formula is C19H21N3O5S. The molecular weight excluding hydrogens is 382 g/mol. The first-order valence-corrected chi connectivity index (χ1v) is 10.1. The summed E-state index contributed by atoms with van der Waals surface area (Å²) in [5.74, 6) is 0.787. The number of aromatic nitrogens is 2. The highest BCUT2D eigenvalue weighted by atomic mass is 32.2. The smallest absolute Gasteiger partial charge is 0.290 e. The van der Waals surface area contributed by atoms with E-state index in [0.717, 1.165) is 30.6 Å². The summed E-state index contributed by atoms with van der Waals surface area (Å²) in [7, 11) is -2.21. The van der Waals surface area contributed by atoms with Crippen molar-refractivity contribution in [3.05, 3.63) is 54.4 Å². The summed E-state index contributed by atoms with van der Waals surface area (Å²) >= 11 is 0. The molecule has 9 heteroatoms. The third-order valence-corrected chi connectivity index (χ3v) is 6.32. The molecule has 3 aromatic rings. The van der Waals surface area contributed by atoms with Gasteiger partial charge in [0, 0.05) is 36.5 Å². The first-order valence-electron chi connectivity index (χ1n) is 8.67. The van der Waals surface area contributed by atoms with Gasteiger partial charge in [0.25, 0.3) is 16.5 Å². The molecule has 0 aliphatic carbocycles. The van der Waals surface area contributed by atoms with Gasteiger partial charge in [0.15, 0.2) is 0 Å². The average molecular weight is 403 g/mol. The van der Waals surface area contributed by atoms with Crippen molar-refractivity contribution in [2.24, 2.45) is 0 Å². The summed E-state index contributed by atoms with van der Waals surface area (Å²) in [6, 6.07) is 10.1. The lowest BCUT2D eigenvalue weighted by molar-refractivity contribution is -0.122. The van der Waals surface area contributed by atoms with Crippen LogP contribution in [0, 0.1) is 0 Å². The van der Waals surface area contributed by atoms with Crippen LogP contribution in [0.25, 0.3) is 11.0 Å². The SMILES string of the molecule is COc1cccc(S(=O)(=O)n2cc([C@H]3CCNC3)c3ncccc32)c1.O=CO. The highest BCUT2D eigenvalue weighted by Crippen LogP contribution is 2.32. The predicted molar refractivity (Wildman–Crippen MR) is 104 cm³/mol. The molecule has 0 radical (unpaired) electrons. The number of hydrogen-bond acceptors (Lipinski definition) is 6. The Bertz CT molecular complexity index is 1070. The number of fused-ring (bicyclic) bond motifs is 1. The molecule has 1 fully saturated rings. The molecule has 1 aliphatic heterocycles. The third-order valence-electron chi connectivity index (χ3n) is 4.65. The molecule has 0 bridgehead atoms. The Labute approximate surface area is 162 Å². The van der Waals surface area contributed by atoms with E-state index in [1.54, 1.807) is 42.7 Å². The Morgan fingerprint density at radius 1 is 1.32 bits per heavy atom. The number of benzene rings is 1. The van der Waals surface area contributed by atoms with E-state index in [2.05, 4.69) is 10.3 Å². The molecule has 148 valence electrons. The van der Waals surface area contributed by atoms with E-state index in [1.165, 1.54) is 17.1 Å². The van der Waals surface area contributed by atoms with E-state index in [-0.39, 0.29) is 17.3 Å². The van der Waals surface area contributed by atoms with E-state index < -0.39 is 10.0 Å². The monoisotopic (exact) mass is 403 g/mol. The van der Waals surface area contributed by atoms with Crippen molar-refractivity contribution in [2.75, 3.05) is 20.2 Å². The molecule has 1 aliphatic rings. The first-order chi connectivity index (χ1) is 13.5. The van der Waals surface area contributed by atoms with Crippen molar-refractivity contribution < 1.29 is 23.1 Å². The van der Waals surface area contributed by atoms with Gasteiger partial charge < -0.3 is 15.2 Å². The van der Waals surface area contributed by atoms with Crippen LogP contribution in [0.15, 0.2) is 53.7 Å². The zero-order valence-corrected chi connectivity index (χ0v) is 16.1. The zero-order chi connectivity index (χ0) is 20.1. The summed E-state index contributed by atoms with van der Waals surface area (Å²) in [5.41, 5.74) is 2.34. The summed E-state index contributed by atoms with van der Waals surface area (Å²) in [5, 5.41) is 10.2. The van der Waals surface area contributed by atoms with Crippen molar-refractivity contribution >= 4 is 27.5 Å². The second-order valence-corrected chi connectivity index (χ2v) is 8.05. The summed E-state index contributed by atoms with van der Waals surface area (Å²) < 4.78 is 32.9. The molecule has 1 aromatic carbocycles. The minimum absolute atomic E-state index is 0.198. The van der Waals surface area contributed by atoms with Gasteiger partial charge in [0.2, 0.25) is 0 Å². The number of carboxylic acid groups (broad SMARTS) is 1. The molecule has 2 N–H and O–H groups in total. The van der Waals surface area contributed by atoms with Gasteiger partial charge in [-0.2, -0.15) is 0 Å². The molecule has 1 atom stereocenters. The Balaban J connectivity index is 0.000000706. The number of pyridine rings is 1. The maximum Gasteiger partial charge on any atom is 0.290 e. The van der Waals surface area contributed by atoms with Crippen LogP contribution >= 0.6 is 0 Å². The fraction of sp³-hybridized carbons (Fsp3) is 0.263. The van der Waals surface area contributed by atoms with Crippen molar-refractivity contribution in [3.8, 4) is 5.75 Å². The van der Waals surface area contributed by atoms with Crippen LogP contribution in [0.5, 0.6) is 5.75 Å².